The van der Waals surface area contributed by atoms with Crippen LogP contribution in [0.25, 0.3) is 0 Å². The highest BCUT2D eigenvalue weighted by Crippen LogP contribution is 2.37. The van der Waals surface area contributed by atoms with E-state index in [1.807, 2.05) is 6.07 Å². The second-order valence-corrected chi connectivity index (χ2v) is 5.13. The summed E-state index contributed by atoms with van der Waals surface area (Å²) in [6.45, 7) is 0.563. The summed E-state index contributed by atoms with van der Waals surface area (Å²) in [4.78, 5) is 3.94. The van der Waals surface area contributed by atoms with Crippen molar-refractivity contribution in [3.05, 3.63) is 23.9 Å². The van der Waals surface area contributed by atoms with Crippen molar-refractivity contribution in [1.29, 1.82) is 0 Å². The number of hydrogen-bond acceptors (Lipinski definition) is 4. The Morgan fingerprint density at radius 1 is 1.32 bits per heavy atom. The number of pyridine rings is 1. The van der Waals surface area contributed by atoms with Gasteiger partial charge in [-0.05, 0) is 25.0 Å². The number of nitrogens with two attached hydrogens (primary N) is 1. The van der Waals surface area contributed by atoms with E-state index in [4.69, 9.17) is 15.2 Å². The molecule has 1 aliphatic heterocycles. The summed E-state index contributed by atoms with van der Waals surface area (Å²) in [6.07, 6.45) is 7.16. The molecular formula is C15H18N2O2. The van der Waals surface area contributed by atoms with Crippen molar-refractivity contribution < 1.29 is 9.47 Å². The van der Waals surface area contributed by atoms with E-state index in [9.17, 15) is 0 Å². The summed E-state index contributed by atoms with van der Waals surface area (Å²) >= 11 is 0. The van der Waals surface area contributed by atoms with Gasteiger partial charge in [0.1, 0.15) is 11.9 Å². The molecule has 1 saturated heterocycles. The maximum atomic E-state index is 6.00. The Balaban J connectivity index is 1.66. The van der Waals surface area contributed by atoms with Crippen LogP contribution in [0.5, 0.6) is 0 Å². The fourth-order valence-electron chi connectivity index (χ4n) is 2.67. The van der Waals surface area contributed by atoms with Crippen LogP contribution in [0.4, 0.5) is 5.82 Å². The summed E-state index contributed by atoms with van der Waals surface area (Å²) in [5.41, 5.74) is 6.48. The minimum atomic E-state index is -0.352. The smallest absolute Gasteiger partial charge is 0.170 e. The molecule has 1 spiro atoms. The molecule has 0 aromatic carbocycles. The molecule has 2 fully saturated rings. The zero-order valence-electron chi connectivity index (χ0n) is 10.9. The van der Waals surface area contributed by atoms with E-state index in [2.05, 4.69) is 16.8 Å². The molecule has 3 rings (SSSR count). The predicted molar refractivity (Wildman–Crippen MR) is 72.2 cm³/mol. The van der Waals surface area contributed by atoms with Gasteiger partial charge in [0, 0.05) is 24.6 Å². The normalized spacial score (nSPS) is 24.9. The summed E-state index contributed by atoms with van der Waals surface area (Å²) in [6, 6.07) is 3.61. The van der Waals surface area contributed by atoms with Crippen LogP contribution in [0.3, 0.4) is 0 Å². The van der Waals surface area contributed by atoms with E-state index in [-0.39, 0.29) is 11.9 Å². The van der Waals surface area contributed by atoms with Crippen LogP contribution in [0, 0.1) is 11.8 Å². The lowest BCUT2D eigenvalue weighted by Crippen LogP contribution is -2.33. The molecule has 1 aromatic rings. The molecule has 0 unspecified atom stereocenters. The molecule has 1 atom stereocenters. The zero-order chi connectivity index (χ0) is 13.1. The molecule has 100 valence electrons. The van der Waals surface area contributed by atoms with Gasteiger partial charge in [-0.25, -0.2) is 4.98 Å². The molecule has 0 radical (unpaired) electrons. The van der Waals surface area contributed by atoms with Crippen molar-refractivity contribution in [3.8, 4) is 11.8 Å². The summed E-state index contributed by atoms with van der Waals surface area (Å²) in [7, 11) is 0. The highest BCUT2D eigenvalue weighted by molar-refractivity contribution is 5.41. The van der Waals surface area contributed by atoms with Gasteiger partial charge >= 0.3 is 0 Å². The number of ether oxygens (including phenoxy) is 2. The maximum Gasteiger partial charge on any atom is 0.170 e. The van der Waals surface area contributed by atoms with Crippen LogP contribution < -0.4 is 5.73 Å². The fraction of sp³-hybridized carbons (Fsp3) is 0.533. The maximum absolute atomic E-state index is 6.00. The van der Waals surface area contributed by atoms with Crippen LogP contribution in [-0.2, 0) is 9.47 Å². The molecular weight excluding hydrogens is 240 g/mol. The second kappa shape index (κ2) is 5.20. The first-order chi connectivity index (χ1) is 9.26. The Morgan fingerprint density at radius 3 is 2.95 bits per heavy atom. The van der Waals surface area contributed by atoms with Gasteiger partial charge in [0.15, 0.2) is 5.79 Å². The lowest BCUT2D eigenvalue weighted by molar-refractivity contribution is -0.182. The average Bonchev–Trinajstić information content (AvgIpc) is 2.80. The summed E-state index contributed by atoms with van der Waals surface area (Å²) in [5.74, 6) is 6.32. The van der Waals surface area contributed by atoms with Crippen molar-refractivity contribution >= 4 is 5.82 Å². The second-order valence-electron chi connectivity index (χ2n) is 5.13. The standard InChI is InChI=1S/C15H18N2O2/c16-14-10-12(6-9-17-14)4-5-13-11-18-15(19-13)7-2-1-3-8-15/h6,9-10,13H,1-3,7-8,11H2,(H2,16,17)/t13-/m0/s1. The van der Waals surface area contributed by atoms with Crippen LogP contribution in [0.2, 0.25) is 0 Å². The van der Waals surface area contributed by atoms with Gasteiger partial charge in [-0.15, -0.1) is 0 Å². The van der Waals surface area contributed by atoms with Crippen LogP contribution in [0.15, 0.2) is 18.3 Å². The molecule has 2 heterocycles. The first kappa shape index (κ1) is 12.5. The minimum Gasteiger partial charge on any atom is -0.384 e. The van der Waals surface area contributed by atoms with Crippen LogP contribution >= 0.6 is 0 Å². The Bertz CT molecular complexity index is 512. The van der Waals surface area contributed by atoms with E-state index < -0.39 is 0 Å². The van der Waals surface area contributed by atoms with Crippen molar-refractivity contribution in [1.82, 2.24) is 4.98 Å². The van der Waals surface area contributed by atoms with Gasteiger partial charge in [-0.1, -0.05) is 18.3 Å². The van der Waals surface area contributed by atoms with E-state index >= 15 is 0 Å². The van der Waals surface area contributed by atoms with Gasteiger partial charge < -0.3 is 15.2 Å². The molecule has 4 nitrogen and oxygen atoms in total. The van der Waals surface area contributed by atoms with Crippen molar-refractivity contribution in [2.24, 2.45) is 0 Å². The summed E-state index contributed by atoms with van der Waals surface area (Å²) in [5, 5.41) is 0. The van der Waals surface area contributed by atoms with Crippen molar-refractivity contribution in [2.45, 2.75) is 44.0 Å². The third-order valence-electron chi connectivity index (χ3n) is 3.63. The van der Waals surface area contributed by atoms with Gasteiger partial charge in [-0.2, -0.15) is 0 Å². The number of hydrogen-bond donors (Lipinski definition) is 1. The third-order valence-corrected chi connectivity index (χ3v) is 3.63. The topological polar surface area (TPSA) is 57.4 Å². The van der Waals surface area contributed by atoms with Crippen LogP contribution in [0.1, 0.15) is 37.7 Å². The van der Waals surface area contributed by atoms with Gasteiger partial charge in [0.2, 0.25) is 0 Å². The predicted octanol–water partition coefficient (Wildman–Crippen LogP) is 2.09. The van der Waals surface area contributed by atoms with Gasteiger partial charge in [0.05, 0.1) is 6.61 Å². The molecule has 0 amide bonds. The SMILES string of the molecule is Nc1cc(C#C[C@H]2COC3(CCCCC3)O2)ccn1. The number of rotatable bonds is 0. The Kier molecular flexibility index (Phi) is 3.41. The van der Waals surface area contributed by atoms with Gasteiger partial charge in [0.25, 0.3) is 0 Å². The van der Waals surface area contributed by atoms with Crippen molar-refractivity contribution in [3.63, 3.8) is 0 Å². The van der Waals surface area contributed by atoms with E-state index in [1.54, 1.807) is 12.3 Å². The average molecular weight is 258 g/mol. The highest BCUT2D eigenvalue weighted by Gasteiger charge is 2.41. The molecule has 1 saturated carbocycles. The van der Waals surface area contributed by atoms with E-state index in [1.165, 1.54) is 19.3 Å². The molecule has 1 aliphatic carbocycles. The lowest BCUT2D eigenvalue weighted by Gasteiger charge is -2.31. The number of nitrogen functional groups attached to an aromatic ring is 1. The van der Waals surface area contributed by atoms with E-state index in [0.717, 1.165) is 18.4 Å². The quantitative estimate of drug-likeness (QED) is 0.724. The molecule has 4 heteroatoms. The third kappa shape index (κ3) is 2.89. The monoisotopic (exact) mass is 258 g/mol. The molecule has 2 N–H and O–H groups in total. The Labute approximate surface area is 113 Å². The lowest BCUT2D eigenvalue weighted by atomic mass is 9.94. The van der Waals surface area contributed by atoms with Gasteiger partial charge in [-0.3, -0.25) is 0 Å². The fourth-order valence-corrected chi connectivity index (χ4v) is 2.67. The number of anilines is 1. The zero-order valence-corrected chi connectivity index (χ0v) is 10.9. The molecule has 0 bridgehead atoms. The van der Waals surface area contributed by atoms with E-state index in [0.29, 0.717) is 12.4 Å². The number of aromatic nitrogens is 1. The largest absolute Gasteiger partial charge is 0.384 e. The molecule has 2 aliphatic rings. The first-order valence-corrected chi connectivity index (χ1v) is 6.81. The minimum absolute atomic E-state index is 0.132. The summed E-state index contributed by atoms with van der Waals surface area (Å²) < 4.78 is 11.8. The van der Waals surface area contributed by atoms with Crippen molar-refractivity contribution in [2.75, 3.05) is 12.3 Å². The molecule has 1 aromatic heterocycles. The molecule has 19 heavy (non-hydrogen) atoms. The Morgan fingerprint density at radius 2 is 2.16 bits per heavy atom. The Hall–Kier alpha value is -1.57. The highest BCUT2D eigenvalue weighted by atomic mass is 16.7. The first-order valence-electron chi connectivity index (χ1n) is 6.81. The van der Waals surface area contributed by atoms with Crippen LogP contribution in [-0.4, -0.2) is 23.5 Å². The number of nitrogens with zero attached hydrogens (tertiary/aromatic N) is 1.